The van der Waals surface area contributed by atoms with Crippen LogP contribution in [0.1, 0.15) is 60.8 Å². The van der Waals surface area contributed by atoms with Crippen LogP contribution in [0.25, 0.3) is 0 Å². The molecule has 0 aromatic heterocycles. The third-order valence-corrected chi connectivity index (χ3v) is 10.5. The summed E-state index contributed by atoms with van der Waals surface area (Å²) < 4.78 is 159. The highest BCUT2D eigenvalue weighted by Gasteiger charge is 2.30. The smallest absolute Gasteiger partial charge is 0.441 e. The monoisotopic (exact) mass is 766 g/mol. The molecule has 0 saturated carbocycles. The lowest BCUT2D eigenvalue weighted by molar-refractivity contribution is -0.106. The van der Waals surface area contributed by atoms with E-state index in [9.17, 15) is 52.7 Å². The van der Waals surface area contributed by atoms with Crippen LogP contribution < -0.4 is 4.74 Å². The van der Waals surface area contributed by atoms with Crippen LogP contribution in [0.2, 0.25) is 0 Å². The Morgan fingerprint density at radius 2 is 0.872 bits per heavy atom. The van der Waals surface area contributed by atoms with Crippen LogP contribution in [0.5, 0.6) is 11.5 Å². The van der Waals surface area contributed by atoms with Crippen LogP contribution in [-0.4, -0.2) is 46.4 Å². The summed E-state index contributed by atoms with van der Waals surface area (Å²) in [7, 11) is 0. The second kappa shape index (κ2) is 18.7. The summed E-state index contributed by atoms with van der Waals surface area (Å²) in [4.78, 5) is 0.537. The highest BCUT2D eigenvalue weighted by Crippen LogP contribution is 2.40. The Hall–Kier alpha value is -1.20. The summed E-state index contributed by atoms with van der Waals surface area (Å²) in [5.41, 5.74) is -6.49. The molecule has 17 heteroatoms. The molecule has 0 saturated heterocycles. The van der Waals surface area contributed by atoms with Crippen molar-refractivity contribution in [2.24, 2.45) is 0 Å². The number of halogens is 12. The van der Waals surface area contributed by atoms with E-state index in [2.05, 4.69) is 0 Å². The van der Waals surface area contributed by atoms with Crippen molar-refractivity contribution in [2.75, 3.05) is 23.0 Å². The maximum Gasteiger partial charge on any atom is 0.441 e. The van der Waals surface area contributed by atoms with Crippen molar-refractivity contribution in [1.82, 2.24) is 0 Å². The van der Waals surface area contributed by atoms with Crippen molar-refractivity contribution < 1.29 is 57.4 Å². The first-order valence-corrected chi connectivity index (χ1v) is 18.3. The van der Waals surface area contributed by atoms with Gasteiger partial charge in [0.1, 0.15) is 11.5 Å². The van der Waals surface area contributed by atoms with E-state index in [1.165, 1.54) is 12.1 Å². The van der Waals surface area contributed by atoms with Crippen LogP contribution in [0.3, 0.4) is 0 Å². The number of alkyl halides is 12. The molecule has 0 unspecified atom stereocenters. The largest absolute Gasteiger partial charge is 0.457 e. The molecule has 2 rings (SSSR count). The van der Waals surface area contributed by atoms with Gasteiger partial charge in [0.25, 0.3) is 0 Å². The van der Waals surface area contributed by atoms with E-state index in [0.29, 0.717) is 84.3 Å². The van der Waals surface area contributed by atoms with E-state index in [-0.39, 0.29) is 69.2 Å². The lowest BCUT2D eigenvalue weighted by atomic mass is 10.0. The first kappa shape index (κ1) is 42.0. The van der Waals surface area contributed by atoms with E-state index >= 15 is 0 Å². The highest BCUT2D eigenvalue weighted by atomic mass is 32.2. The standard InChI is InChI=1S/C30H34F12OS4/c1-19-13-21(9-5-3-7-11-46-29(37,38)39)23(15-25(19)44-17-27(31,32)33)43-24-16-26(45-18-28(34,35)36)20(2)14-22(24)10-6-4-8-12-47-30(40,41)42/h13-16H,3-12,17-18H2,1-2H3. The summed E-state index contributed by atoms with van der Waals surface area (Å²) in [6.45, 7) is 3.23. The van der Waals surface area contributed by atoms with E-state index in [1.54, 1.807) is 26.0 Å². The first-order valence-electron chi connectivity index (χ1n) is 14.4. The molecule has 0 N–H and O–H groups in total. The third-order valence-electron chi connectivity index (χ3n) is 6.43. The molecule has 0 aliphatic carbocycles. The summed E-state index contributed by atoms with van der Waals surface area (Å²) >= 11 is 0.835. The van der Waals surface area contributed by atoms with Gasteiger partial charge in [-0.05, 0) is 86.8 Å². The zero-order valence-corrected chi connectivity index (χ0v) is 28.6. The normalized spacial score (nSPS) is 13.0. The summed E-state index contributed by atoms with van der Waals surface area (Å²) in [5, 5.41) is 0. The maximum absolute atomic E-state index is 13.0. The summed E-state index contributed by atoms with van der Waals surface area (Å²) in [6.07, 6.45) is -5.93. The molecule has 0 amide bonds. The minimum absolute atomic E-state index is 0.125. The zero-order valence-electron chi connectivity index (χ0n) is 25.4. The molecule has 0 aliphatic rings. The molecule has 2 aromatic rings. The van der Waals surface area contributed by atoms with Crippen molar-refractivity contribution >= 4 is 47.0 Å². The van der Waals surface area contributed by atoms with Gasteiger partial charge in [0.05, 0.1) is 11.5 Å². The second-order valence-electron chi connectivity index (χ2n) is 10.6. The van der Waals surface area contributed by atoms with Gasteiger partial charge in [0.15, 0.2) is 0 Å². The average Bonchev–Trinajstić information content (AvgIpc) is 2.91. The molecule has 47 heavy (non-hydrogen) atoms. The lowest BCUT2D eigenvalue weighted by Crippen LogP contribution is -2.11. The molecule has 2 aromatic carbocycles. The Balaban J connectivity index is 2.37. The Morgan fingerprint density at radius 3 is 1.19 bits per heavy atom. The topological polar surface area (TPSA) is 9.23 Å². The van der Waals surface area contributed by atoms with Gasteiger partial charge in [-0.25, -0.2) is 0 Å². The minimum atomic E-state index is -4.46. The van der Waals surface area contributed by atoms with E-state index < -0.39 is 34.9 Å². The Labute approximate surface area is 283 Å². The first-order chi connectivity index (χ1) is 21.6. The van der Waals surface area contributed by atoms with Crippen LogP contribution in [-0.2, 0) is 12.8 Å². The molecule has 0 heterocycles. The third kappa shape index (κ3) is 18.4. The molecule has 0 atom stereocenters. The van der Waals surface area contributed by atoms with Gasteiger partial charge < -0.3 is 4.74 Å². The molecule has 268 valence electrons. The number of unbranched alkanes of at least 4 members (excludes halogenated alkanes) is 4. The molecular formula is C30H34F12OS4. The minimum Gasteiger partial charge on any atom is -0.457 e. The van der Waals surface area contributed by atoms with E-state index in [4.69, 9.17) is 4.74 Å². The van der Waals surface area contributed by atoms with Crippen molar-refractivity contribution in [2.45, 2.75) is 98.4 Å². The van der Waals surface area contributed by atoms with Crippen molar-refractivity contribution in [3.8, 4) is 11.5 Å². The predicted molar refractivity (Wildman–Crippen MR) is 168 cm³/mol. The fraction of sp³-hybridized carbons (Fsp3) is 0.600. The number of hydrogen-bond donors (Lipinski definition) is 0. The quantitative estimate of drug-likeness (QED) is 0.0846. The van der Waals surface area contributed by atoms with Gasteiger partial charge >= 0.3 is 23.4 Å². The predicted octanol–water partition coefficient (Wildman–Crippen LogP) is 13.3. The highest BCUT2D eigenvalue weighted by molar-refractivity contribution is 8.00. The molecule has 0 fully saturated rings. The Kier molecular flexibility index (Phi) is 16.7. The fourth-order valence-electron chi connectivity index (χ4n) is 4.35. The number of rotatable bonds is 18. The number of benzene rings is 2. The summed E-state index contributed by atoms with van der Waals surface area (Å²) in [6, 6.07) is 6.15. The van der Waals surface area contributed by atoms with Crippen LogP contribution in [0, 0.1) is 13.8 Å². The van der Waals surface area contributed by atoms with Gasteiger partial charge in [-0.1, -0.05) is 48.5 Å². The molecule has 0 radical (unpaired) electrons. The van der Waals surface area contributed by atoms with Crippen molar-refractivity contribution in [3.05, 3.63) is 46.5 Å². The maximum atomic E-state index is 13.0. The number of thioether (sulfide) groups is 4. The van der Waals surface area contributed by atoms with Crippen LogP contribution in [0.4, 0.5) is 52.7 Å². The van der Waals surface area contributed by atoms with Gasteiger partial charge in [-0.2, -0.15) is 52.7 Å². The Bertz CT molecular complexity index is 1160. The zero-order chi connectivity index (χ0) is 35.5. The number of hydrogen-bond acceptors (Lipinski definition) is 5. The van der Waals surface area contributed by atoms with Gasteiger partial charge in [0, 0.05) is 21.3 Å². The second-order valence-corrected chi connectivity index (χ2v) is 14.9. The van der Waals surface area contributed by atoms with Gasteiger partial charge in [-0.3, -0.25) is 0 Å². The van der Waals surface area contributed by atoms with Crippen LogP contribution >= 0.6 is 47.0 Å². The van der Waals surface area contributed by atoms with Gasteiger partial charge in [-0.15, -0.1) is 23.5 Å². The number of aryl methyl sites for hydroxylation is 4. The van der Waals surface area contributed by atoms with Crippen LogP contribution in [0.15, 0.2) is 34.1 Å². The molecule has 0 aliphatic heterocycles. The van der Waals surface area contributed by atoms with E-state index in [1.807, 2.05) is 0 Å². The lowest BCUT2D eigenvalue weighted by Gasteiger charge is -2.19. The molecule has 1 nitrogen and oxygen atoms in total. The fourth-order valence-corrected chi connectivity index (χ4v) is 7.10. The van der Waals surface area contributed by atoms with Crippen molar-refractivity contribution in [3.63, 3.8) is 0 Å². The SMILES string of the molecule is Cc1cc(CCCCCSC(F)(F)F)c(Oc2cc(SCC(F)(F)F)c(C)cc2CCCCCSC(F)(F)F)cc1SCC(F)(F)F. The number of ether oxygens (including phenoxy) is 1. The van der Waals surface area contributed by atoms with E-state index in [0.717, 1.165) is 0 Å². The molecule has 0 spiro atoms. The van der Waals surface area contributed by atoms with Crippen molar-refractivity contribution in [1.29, 1.82) is 0 Å². The molecular weight excluding hydrogens is 733 g/mol. The Morgan fingerprint density at radius 1 is 0.511 bits per heavy atom. The van der Waals surface area contributed by atoms with Gasteiger partial charge in [0.2, 0.25) is 0 Å². The molecule has 0 bridgehead atoms. The summed E-state index contributed by atoms with van der Waals surface area (Å²) in [5.74, 6) is -2.27. The average molecular weight is 767 g/mol.